The number of nitrogens with zero attached hydrogens (tertiary/aromatic N) is 2. The van der Waals surface area contributed by atoms with Gasteiger partial charge >= 0.3 is 0 Å². The van der Waals surface area contributed by atoms with Gasteiger partial charge in [0.15, 0.2) is 5.82 Å². The van der Waals surface area contributed by atoms with E-state index in [1.165, 1.54) is 6.20 Å². The minimum Gasteiger partial charge on any atom is -0.357 e. The molecule has 0 aliphatic carbocycles. The monoisotopic (exact) mass is 217 g/mol. The Labute approximate surface area is 93.4 Å². The van der Waals surface area contributed by atoms with E-state index in [1.54, 1.807) is 7.05 Å². The average molecular weight is 217 g/mol. The molecule has 0 atom stereocenters. The van der Waals surface area contributed by atoms with Crippen molar-refractivity contribution in [1.82, 2.24) is 9.97 Å². The molecule has 1 heterocycles. The van der Waals surface area contributed by atoms with E-state index in [0.717, 1.165) is 11.1 Å². The zero-order chi connectivity index (χ0) is 11.5. The predicted octanol–water partition coefficient (Wildman–Crippen LogP) is 2.63. The molecular weight excluding hydrogens is 205 g/mol. The fourth-order valence-corrected chi connectivity index (χ4v) is 1.48. The Hall–Kier alpha value is -1.97. The number of aromatic nitrogens is 2. The summed E-state index contributed by atoms with van der Waals surface area (Å²) in [6, 6.07) is 7.57. The Morgan fingerprint density at radius 1 is 1.31 bits per heavy atom. The lowest BCUT2D eigenvalue weighted by Crippen LogP contribution is -1.99. The Balaban J connectivity index is 2.54. The van der Waals surface area contributed by atoms with Crippen LogP contribution in [0.2, 0.25) is 0 Å². The van der Waals surface area contributed by atoms with Crippen molar-refractivity contribution in [2.24, 2.45) is 0 Å². The van der Waals surface area contributed by atoms with Gasteiger partial charge in [0.05, 0.1) is 6.20 Å². The van der Waals surface area contributed by atoms with Crippen LogP contribution in [0.4, 0.5) is 10.3 Å². The van der Waals surface area contributed by atoms with Crippen LogP contribution >= 0.6 is 0 Å². The fourth-order valence-electron chi connectivity index (χ4n) is 1.48. The molecule has 0 spiro atoms. The number of anilines is 1. The maximum atomic E-state index is 13.6. The lowest BCUT2D eigenvalue weighted by atomic mass is 10.1. The normalized spacial score (nSPS) is 10.2. The van der Waals surface area contributed by atoms with Crippen molar-refractivity contribution in [1.29, 1.82) is 0 Å². The Bertz CT molecular complexity index is 511. The molecule has 0 bridgehead atoms. The second kappa shape index (κ2) is 4.26. The number of benzene rings is 1. The molecule has 16 heavy (non-hydrogen) atoms. The highest BCUT2D eigenvalue weighted by molar-refractivity contribution is 5.61. The van der Waals surface area contributed by atoms with Crippen molar-refractivity contribution in [3.05, 3.63) is 41.8 Å². The van der Waals surface area contributed by atoms with Gasteiger partial charge in [-0.25, -0.2) is 14.4 Å². The molecule has 1 N–H and O–H groups in total. The third-order valence-electron chi connectivity index (χ3n) is 2.26. The van der Waals surface area contributed by atoms with Gasteiger partial charge in [-0.15, -0.1) is 0 Å². The summed E-state index contributed by atoms with van der Waals surface area (Å²) in [5.74, 6) is 0.00232. The van der Waals surface area contributed by atoms with Crippen molar-refractivity contribution in [3.8, 4) is 11.3 Å². The predicted molar refractivity (Wildman–Crippen MR) is 61.7 cm³/mol. The number of halogens is 1. The van der Waals surface area contributed by atoms with Crippen LogP contribution in [0.5, 0.6) is 0 Å². The lowest BCUT2D eigenvalue weighted by molar-refractivity contribution is 0.619. The SMILES string of the molecule is CNc1ncc(F)c(-c2cccc(C)c2)n1. The van der Waals surface area contributed by atoms with E-state index in [1.807, 2.05) is 31.2 Å². The summed E-state index contributed by atoms with van der Waals surface area (Å²) in [7, 11) is 1.70. The molecule has 0 unspecified atom stereocenters. The van der Waals surface area contributed by atoms with Crippen molar-refractivity contribution < 1.29 is 4.39 Å². The smallest absolute Gasteiger partial charge is 0.223 e. The molecule has 1 aromatic heterocycles. The zero-order valence-electron chi connectivity index (χ0n) is 9.16. The summed E-state index contributed by atoms with van der Waals surface area (Å²) in [5.41, 5.74) is 2.15. The van der Waals surface area contributed by atoms with E-state index < -0.39 is 5.82 Å². The fraction of sp³-hybridized carbons (Fsp3) is 0.167. The van der Waals surface area contributed by atoms with E-state index in [0.29, 0.717) is 11.6 Å². The van der Waals surface area contributed by atoms with Gasteiger partial charge in [0, 0.05) is 12.6 Å². The summed E-state index contributed by atoms with van der Waals surface area (Å²) >= 11 is 0. The molecule has 0 aliphatic heterocycles. The van der Waals surface area contributed by atoms with Crippen LogP contribution in [-0.4, -0.2) is 17.0 Å². The summed E-state index contributed by atoms with van der Waals surface area (Å²) in [4.78, 5) is 7.91. The third-order valence-corrected chi connectivity index (χ3v) is 2.26. The molecule has 4 heteroatoms. The van der Waals surface area contributed by atoms with Crippen molar-refractivity contribution in [2.45, 2.75) is 6.92 Å². The first-order valence-corrected chi connectivity index (χ1v) is 4.98. The number of nitrogens with one attached hydrogen (secondary N) is 1. The second-order valence-corrected chi connectivity index (χ2v) is 3.51. The highest BCUT2D eigenvalue weighted by atomic mass is 19.1. The lowest BCUT2D eigenvalue weighted by Gasteiger charge is -2.05. The molecule has 0 aliphatic rings. The first-order chi connectivity index (χ1) is 7.70. The molecule has 0 fully saturated rings. The summed E-state index contributed by atoms with van der Waals surface area (Å²) in [6.07, 6.45) is 1.18. The average Bonchev–Trinajstić information content (AvgIpc) is 2.30. The molecule has 3 nitrogen and oxygen atoms in total. The van der Waals surface area contributed by atoms with E-state index >= 15 is 0 Å². The number of rotatable bonds is 2. The van der Waals surface area contributed by atoms with E-state index in [9.17, 15) is 4.39 Å². The van der Waals surface area contributed by atoms with E-state index in [2.05, 4.69) is 15.3 Å². The minimum absolute atomic E-state index is 0.322. The first kappa shape index (κ1) is 10.5. The van der Waals surface area contributed by atoms with Gasteiger partial charge < -0.3 is 5.32 Å². The number of aryl methyl sites for hydroxylation is 1. The maximum Gasteiger partial charge on any atom is 0.223 e. The highest BCUT2D eigenvalue weighted by Gasteiger charge is 2.08. The zero-order valence-corrected chi connectivity index (χ0v) is 9.16. The molecule has 0 saturated carbocycles. The summed E-state index contributed by atoms with van der Waals surface area (Å²) < 4.78 is 13.6. The van der Waals surface area contributed by atoms with Crippen LogP contribution < -0.4 is 5.32 Å². The van der Waals surface area contributed by atoms with Crippen molar-refractivity contribution in [2.75, 3.05) is 12.4 Å². The van der Waals surface area contributed by atoms with Gasteiger partial charge in [0.25, 0.3) is 0 Å². The van der Waals surface area contributed by atoms with Crippen LogP contribution in [0.3, 0.4) is 0 Å². The van der Waals surface area contributed by atoms with Gasteiger partial charge in [-0.1, -0.05) is 23.8 Å². The molecule has 0 amide bonds. The standard InChI is InChI=1S/C12H12FN3/c1-8-4-3-5-9(6-8)11-10(13)7-15-12(14-2)16-11/h3-7H,1-2H3,(H,14,15,16). The Morgan fingerprint density at radius 3 is 2.81 bits per heavy atom. The highest BCUT2D eigenvalue weighted by Crippen LogP contribution is 2.21. The maximum absolute atomic E-state index is 13.6. The molecule has 1 aromatic carbocycles. The topological polar surface area (TPSA) is 37.8 Å². The van der Waals surface area contributed by atoms with Gasteiger partial charge in [0.1, 0.15) is 5.69 Å². The second-order valence-electron chi connectivity index (χ2n) is 3.51. The van der Waals surface area contributed by atoms with Crippen LogP contribution in [0, 0.1) is 12.7 Å². The van der Waals surface area contributed by atoms with E-state index in [4.69, 9.17) is 0 Å². The van der Waals surface area contributed by atoms with Gasteiger partial charge in [0.2, 0.25) is 5.95 Å². The number of hydrogen-bond acceptors (Lipinski definition) is 3. The minimum atomic E-state index is -0.412. The molecule has 0 radical (unpaired) electrons. The van der Waals surface area contributed by atoms with E-state index in [-0.39, 0.29) is 0 Å². The largest absolute Gasteiger partial charge is 0.357 e. The molecule has 0 saturated heterocycles. The van der Waals surface area contributed by atoms with Crippen molar-refractivity contribution >= 4 is 5.95 Å². The molecule has 2 rings (SSSR count). The van der Waals surface area contributed by atoms with Gasteiger partial charge in [-0.05, 0) is 13.0 Å². The molecular formula is C12H12FN3. The van der Waals surface area contributed by atoms with Crippen LogP contribution in [0.1, 0.15) is 5.56 Å². The van der Waals surface area contributed by atoms with Crippen LogP contribution in [0.15, 0.2) is 30.5 Å². The molecule has 2 aromatic rings. The Morgan fingerprint density at radius 2 is 2.12 bits per heavy atom. The summed E-state index contributed by atoms with van der Waals surface area (Å²) in [5, 5.41) is 2.79. The van der Waals surface area contributed by atoms with Crippen LogP contribution in [-0.2, 0) is 0 Å². The first-order valence-electron chi connectivity index (χ1n) is 4.98. The number of hydrogen-bond donors (Lipinski definition) is 1. The van der Waals surface area contributed by atoms with Gasteiger partial charge in [-0.2, -0.15) is 0 Å². The quantitative estimate of drug-likeness (QED) is 0.840. The van der Waals surface area contributed by atoms with Crippen LogP contribution in [0.25, 0.3) is 11.3 Å². The van der Waals surface area contributed by atoms with Gasteiger partial charge in [-0.3, -0.25) is 0 Å². The van der Waals surface area contributed by atoms with Crippen molar-refractivity contribution in [3.63, 3.8) is 0 Å². The Kier molecular flexibility index (Phi) is 2.81. The third kappa shape index (κ3) is 2.00. The molecule has 82 valence electrons. The summed E-state index contributed by atoms with van der Waals surface area (Å²) in [6.45, 7) is 1.96.